The third-order valence-corrected chi connectivity index (χ3v) is 2.08. The molecule has 0 amide bonds. The van der Waals surface area contributed by atoms with Gasteiger partial charge in [-0.05, 0) is 26.8 Å². The molecule has 0 fully saturated rings. The van der Waals surface area contributed by atoms with Gasteiger partial charge in [0.25, 0.3) is 0 Å². The van der Waals surface area contributed by atoms with Crippen LogP contribution >= 0.6 is 23.2 Å². The van der Waals surface area contributed by atoms with Gasteiger partial charge in [0, 0.05) is 0 Å². The molecule has 0 heterocycles. The average Bonchev–Trinajstić information content (AvgIpc) is 1.98. The maximum atomic E-state index is 5.85. The molecule has 0 N–H and O–H groups in total. The van der Waals surface area contributed by atoms with Crippen LogP contribution in [0.1, 0.15) is 20.8 Å². The van der Waals surface area contributed by atoms with Crippen LogP contribution < -0.4 is 0 Å². The lowest BCUT2D eigenvalue weighted by molar-refractivity contribution is 1.37. The van der Waals surface area contributed by atoms with Gasteiger partial charge in [-0.1, -0.05) is 40.9 Å². The molecule has 0 unspecified atom stereocenters. The van der Waals surface area contributed by atoms with Gasteiger partial charge in [-0.2, -0.15) is 0 Å². The lowest BCUT2D eigenvalue weighted by Crippen LogP contribution is -1.75. The molecule has 0 aliphatic heterocycles. The highest BCUT2D eigenvalue weighted by Gasteiger charge is 1.97. The van der Waals surface area contributed by atoms with Crippen LogP contribution in [0.15, 0.2) is 33.9 Å². The molecule has 0 saturated heterocycles. The van der Waals surface area contributed by atoms with Gasteiger partial charge in [0.1, 0.15) is 0 Å². The Labute approximate surface area is 78.2 Å². The molecule has 0 bridgehead atoms. The van der Waals surface area contributed by atoms with E-state index in [0.717, 1.165) is 5.57 Å². The monoisotopic (exact) mass is 190 g/mol. The van der Waals surface area contributed by atoms with Gasteiger partial charge in [-0.25, -0.2) is 0 Å². The van der Waals surface area contributed by atoms with Crippen LogP contribution in [-0.2, 0) is 0 Å². The Morgan fingerprint density at radius 2 is 1.73 bits per heavy atom. The summed E-state index contributed by atoms with van der Waals surface area (Å²) in [6.45, 7) is 5.78. The first kappa shape index (κ1) is 10.8. The van der Waals surface area contributed by atoms with Gasteiger partial charge < -0.3 is 0 Å². The fourth-order valence-corrected chi connectivity index (χ4v) is 0.817. The molecule has 0 nitrogen and oxygen atoms in total. The zero-order valence-electron chi connectivity index (χ0n) is 6.99. The summed E-state index contributed by atoms with van der Waals surface area (Å²) >= 11 is 11.7. The Morgan fingerprint density at radius 3 is 2.09 bits per heavy atom. The number of allylic oxidation sites excluding steroid dienone is 6. The maximum Gasteiger partial charge on any atom is 0.0591 e. The standard InChI is InChI=1S/C9H12Cl2/c1-4-5-6-8(10)9(11)7(2)3/h4-6H,1-3H3/b5-4-,8-6+. The largest absolute Gasteiger partial charge is 0.0876 e. The van der Waals surface area contributed by atoms with Crippen molar-refractivity contribution in [2.24, 2.45) is 0 Å². The third-order valence-electron chi connectivity index (χ3n) is 1.08. The summed E-state index contributed by atoms with van der Waals surface area (Å²) in [7, 11) is 0. The number of hydrogen-bond acceptors (Lipinski definition) is 0. The molecule has 0 radical (unpaired) electrons. The molecule has 2 heteroatoms. The first-order chi connectivity index (χ1) is 5.09. The normalized spacial score (nSPS) is 12.3. The van der Waals surface area contributed by atoms with Gasteiger partial charge in [0.2, 0.25) is 0 Å². The second kappa shape index (κ2) is 5.45. The summed E-state index contributed by atoms with van der Waals surface area (Å²) < 4.78 is 0. The molecule has 0 rings (SSSR count). The van der Waals surface area contributed by atoms with E-state index in [1.165, 1.54) is 0 Å². The van der Waals surface area contributed by atoms with Crippen LogP contribution in [-0.4, -0.2) is 0 Å². The van der Waals surface area contributed by atoms with E-state index in [1.807, 2.05) is 32.9 Å². The van der Waals surface area contributed by atoms with E-state index in [1.54, 1.807) is 6.08 Å². The third kappa shape index (κ3) is 4.28. The van der Waals surface area contributed by atoms with E-state index < -0.39 is 0 Å². The van der Waals surface area contributed by atoms with Crippen LogP contribution in [0.4, 0.5) is 0 Å². The molecule has 0 aromatic rings. The van der Waals surface area contributed by atoms with E-state index in [-0.39, 0.29) is 0 Å². The van der Waals surface area contributed by atoms with Crippen LogP contribution in [0.25, 0.3) is 0 Å². The Morgan fingerprint density at radius 1 is 1.18 bits per heavy atom. The van der Waals surface area contributed by atoms with Crippen LogP contribution in [0.5, 0.6) is 0 Å². The predicted octanol–water partition coefficient (Wildman–Crippen LogP) is 4.22. The van der Waals surface area contributed by atoms with E-state index >= 15 is 0 Å². The Hall–Kier alpha value is -0.200. The maximum absolute atomic E-state index is 5.85. The summed E-state index contributed by atoms with van der Waals surface area (Å²) in [6.07, 6.45) is 5.53. The van der Waals surface area contributed by atoms with Crippen molar-refractivity contribution in [1.29, 1.82) is 0 Å². The molecule has 0 aromatic carbocycles. The second-order valence-corrected chi connectivity index (χ2v) is 3.14. The van der Waals surface area contributed by atoms with Crippen molar-refractivity contribution in [3.05, 3.63) is 33.9 Å². The number of rotatable bonds is 2. The molecule has 0 saturated carbocycles. The lowest BCUT2D eigenvalue weighted by atomic mass is 10.3. The summed E-state index contributed by atoms with van der Waals surface area (Å²) in [6, 6.07) is 0. The zero-order valence-corrected chi connectivity index (χ0v) is 8.50. The lowest BCUT2D eigenvalue weighted by Gasteiger charge is -1.96. The van der Waals surface area contributed by atoms with E-state index in [9.17, 15) is 0 Å². The van der Waals surface area contributed by atoms with E-state index in [4.69, 9.17) is 23.2 Å². The minimum Gasteiger partial charge on any atom is -0.0876 e. The van der Waals surface area contributed by atoms with Gasteiger partial charge >= 0.3 is 0 Å². The highest BCUT2D eigenvalue weighted by Crippen LogP contribution is 2.22. The van der Waals surface area contributed by atoms with Gasteiger partial charge in [0.15, 0.2) is 0 Å². The quantitative estimate of drug-likeness (QED) is 0.573. The van der Waals surface area contributed by atoms with Crippen LogP contribution in [0, 0.1) is 0 Å². The molecule has 11 heavy (non-hydrogen) atoms. The SMILES string of the molecule is C/C=C\C=C(\Cl)C(Cl)=C(C)C. The summed E-state index contributed by atoms with van der Waals surface area (Å²) in [5.41, 5.74) is 1.03. The highest BCUT2D eigenvalue weighted by atomic mass is 35.5. The minimum atomic E-state index is 0.588. The summed E-state index contributed by atoms with van der Waals surface area (Å²) in [4.78, 5) is 0. The number of hydrogen-bond donors (Lipinski definition) is 0. The molecular formula is C9H12Cl2. The zero-order chi connectivity index (χ0) is 8.85. The molecule has 0 aliphatic rings. The molecular weight excluding hydrogens is 179 g/mol. The average molecular weight is 191 g/mol. The Bertz CT molecular complexity index is 206. The first-order valence-corrected chi connectivity index (χ1v) is 4.17. The van der Waals surface area contributed by atoms with Crippen molar-refractivity contribution in [3.63, 3.8) is 0 Å². The van der Waals surface area contributed by atoms with Gasteiger partial charge in [-0.3, -0.25) is 0 Å². The van der Waals surface area contributed by atoms with Gasteiger partial charge in [-0.15, -0.1) is 0 Å². The van der Waals surface area contributed by atoms with Crippen molar-refractivity contribution >= 4 is 23.2 Å². The molecule has 0 aliphatic carbocycles. The summed E-state index contributed by atoms with van der Waals surface area (Å²) in [5, 5.41) is 1.22. The van der Waals surface area contributed by atoms with Crippen molar-refractivity contribution in [2.75, 3.05) is 0 Å². The fourth-order valence-electron chi connectivity index (χ4n) is 0.493. The topological polar surface area (TPSA) is 0 Å². The first-order valence-electron chi connectivity index (χ1n) is 3.41. The van der Waals surface area contributed by atoms with E-state index in [2.05, 4.69) is 0 Å². The van der Waals surface area contributed by atoms with Crippen molar-refractivity contribution < 1.29 is 0 Å². The Kier molecular flexibility index (Phi) is 5.35. The summed E-state index contributed by atoms with van der Waals surface area (Å²) in [5.74, 6) is 0. The molecule has 0 spiro atoms. The second-order valence-electron chi connectivity index (χ2n) is 2.35. The van der Waals surface area contributed by atoms with Gasteiger partial charge in [0.05, 0.1) is 10.1 Å². The molecule has 0 aromatic heterocycles. The predicted molar refractivity (Wildman–Crippen MR) is 53.0 cm³/mol. The van der Waals surface area contributed by atoms with Crippen LogP contribution in [0.3, 0.4) is 0 Å². The van der Waals surface area contributed by atoms with E-state index in [0.29, 0.717) is 10.1 Å². The molecule has 62 valence electrons. The van der Waals surface area contributed by atoms with Crippen molar-refractivity contribution in [3.8, 4) is 0 Å². The van der Waals surface area contributed by atoms with Crippen molar-refractivity contribution in [2.45, 2.75) is 20.8 Å². The number of halogens is 2. The molecule has 0 atom stereocenters. The minimum absolute atomic E-state index is 0.588. The Balaban J connectivity index is 4.49. The van der Waals surface area contributed by atoms with Crippen LogP contribution in [0.2, 0.25) is 0 Å². The van der Waals surface area contributed by atoms with Crippen molar-refractivity contribution in [1.82, 2.24) is 0 Å². The highest BCUT2D eigenvalue weighted by molar-refractivity contribution is 6.44. The smallest absolute Gasteiger partial charge is 0.0591 e. The fraction of sp³-hybridized carbons (Fsp3) is 0.333.